The van der Waals surface area contributed by atoms with Gasteiger partial charge in [0.15, 0.2) is 0 Å². The van der Waals surface area contributed by atoms with Crippen molar-refractivity contribution in [1.82, 2.24) is 0 Å². The van der Waals surface area contributed by atoms with Crippen molar-refractivity contribution in [2.45, 2.75) is 32.7 Å². The van der Waals surface area contributed by atoms with Crippen molar-refractivity contribution >= 4 is 23.1 Å². The van der Waals surface area contributed by atoms with Crippen molar-refractivity contribution in [3.8, 4) is 5.75 Å². The number of ketones is 1. The Hall–Kier alpha value is -3.86. The van der Waals surface area contributed by atoms with Gasteiger partial charge in [0.25, 0.3) is 11.7 Å². The van der Waals surface area contributed by atoms with Crippen molar-refractivity contribution in [2.24, 2.45) is 0 Å². The minimum atomic E-state index is -0.764. The quantitative estimate of drug-likeness (QED) is 0.311. The molecule has 1 heterocycles. The van der Waals surface area contributed by atoms with E-state index in [1.165, 1.54) is 12.0 Å². The number of para-hydroxylation sites is 1. The zero-order chi connectivity index (χ0) is 23.7. The number of aryl methyl sites for hydroxylation is 1. The monoisotopic (exact) mass is 441 g/mol. The predicted octanol–water partition coefficient (Wildman–Crippen LogP) is 5.75. The van der Waals surface area contributed by atoms with Crippen molar-refractivity contribution < 1.29 is 19.4 Å². The van der Waals surface area contributed by atoms with Crippen molar-refractivity contribution in [2.75, 3.05) is 12.0 Å². The molecule has 3 aromatic rings. The molecule has 1 saturated heterocycles. The van der Waals surface area contributed by atoms with E-state index in [-0.39, 0.29) is 11.3 Å². The van der Waals surface area contributed by atoms with Gasteiger partial charge in [0.05, 0.1) is 24.3 Å². The molecular weight excluding hydrogens is 414 g/mol. The van der Waals surface area contributed by atoms with Gasteiger partial charge >= 0.3 is 0 Å². The van der Waals surface area contributed by atoms with E-state index in [1.807, 2.05) is 55.5 Å². The number of rotatable bonds is 5. The summed E-state index contributed by atoms with van der Waals surface area (Å²) >= 11 is 0. The van der Waals surface area contributed by atoms with Crippen LogP contribution in [0.2, 0.25) is 0 Å². The number of benzene rings is 3. The summed E-state index contributed by atoms with van der Waals surface area (Å²) in [5.74, 6) is -0.884. The molecule has 33 heavy (non-hydrogen) atoms. The molecule has 3 aromatic carbocycles. The second kappa shape index (κ2) is 8.94. The predicted molar refractivity (Wildman–Crippen MR) is 129 cm³/mol. The summed E-state index contributed by atoms with van der Waals surface area (Å²) in [5.41, 5.74) is 3.89. The number of carbonyl (C=O) groups excluding carboxylic acids is 2. The van der Waals surface area contributed by atoms with Crippen LogP contribution in [0.15, 0.2) is 78.4 Å². The van der Waals surface area contributed by atoms with Crippen LogP contribution >= 0.6 is 0 Å². The van der Waals surface area contributed by atoms with Crippen LogP contribution in [0.4, 0.5) is 5.69 Å². The third-order valence-corrected chi connectivity index (χ3v) is 6.00. The van der Waals surface area contributed by atoms with Crippen LogP contribution < -0.4 is 9.64 Å². The molecule has 1 aliphatic heterocycles. The lowest BCUT2D eigenvalue weighted by molar-refractivity contribution is -0.132. The minimum absolute atomic E-state index is 0.0445. The number of aliphatic hydroxyl groups is 1. The summed E-state index contributed by atoms with van der Waals surface area (Å²) < 4.78 is 5.39. The maximum Gasteiger partial charge on any atom is 0.300 e. The van der Waals surface area contributed by atoms with E-state index in [1.54, 1.807) is 24.3 Å². The first kappa shape index (κ1) is 22.3. The second-order valence-electron chi connectivity index (χ2n) is 8.53. The fraction of sp³-hybridized carbons (Fsp3) is 0.214. The molecule has 1 amide bonds. The zero-order valence-electron chi connectivity index (χ0n) is 19.2. The minimum Gasteiger partial charge on any atom is -0.507 e. The number of methoxy groups -OCH3 is 1. The third-order valence-electron chi connectivity index (χ3n) is 6.00. The van der Waals surface area contributed by atoms with Crippen LogP contribution in [0.3, 0.4) is 0 Å². The van der Waals surface area contributed by atoms with E-state index in [4.69, 9.17) is 4.74 Å². The zero-order valence-corrected chi connectivity index (χ0v) is 19.2. The lowest BCUT2D eigenvalue weighted by Crippen LogP contribution is -2.29. The van der Waals surface area contributed by atoms with E-state index >= 15 is 0 Å². The molecule has 168 valence electrons. The van der Waals surface area contributed by atoms with Gasteiger partial charge in [-0.3, -0.25) is 14.5 Å². The Labute approximate surface area is 193 Å². The molecule has 5 nitrogen and oxygen atoms in total. The highest BCUT2D eigenvalue weighted by molar-refractivity contribution is 6.51. The third kappa shape index (κ3) is 4.02. The van der Waals surface area contributed by atoms with E-state index in [2.05, 4.69) is 13.8 Å². The van der Waals surface area contributed by atoms with Crippen LogP contribution in [0.1, 0.15) is 48.1 Å². The Balaban J connectivity index is 1.94. The van der Waals surface area contributed by atoms with Crippen LogP contribution in [-0.4, -0.2) is 23.9 Å². The lowest BCUT2D eigenvalue weighted by atomic mass is 9.94. The Morgan fingerprint density at radius 3 is 2.30 bits per heavy atom. The van der Waals surface area contributed by atoms with Gasteiger partial charge in [-0.1, -0.05) is 67.9 Å². The molecule has 1 unspecified atom stereocenters. The first-order chi connectivity index (χ1) is 15.8. The van der Waals surface area contributed by atoms with Gasteiger partial charge < -0.3 is 9.84 Å². The molecule has 0 radical (unpaired) electrons. The standard InChI is InChI=1S/C28H27NO4/c1-17(2)19-12-14-21(15-13-19)29-25(20-9-7-8-18(3)16-20)24(27(31)28(29)32)26(30)22-10-5-6-11-23(22)33-4/h5-17,25,30H,1-4H3/b26-24-. The summed E-state index contributed by atoms with van der Waals surface area (Å²) in [6.07, 6.45) is 0. The Morgan fingerprint density at radius 2 is 1.67 bits per heavy atom. The summed E-state index contributed by atoms with van der Waals surface area (Å²) in [5, 5.41) is 11.3. The normalized spacial score (nSPS) is 17.6. The smallest absolute Gasteiger partial charge is 0.300 e. The largest absolute Gasteiger partial charge is 0.507 e. The topological polar surface area (TPSA) is 66.8 Å². The molecule has 5 heteroatoms. The van der Waals surface area contributed by atoms with Crippen LogP contribution in [0, 0.1) is 6.92 Å². The van der Waals surface area contributed by atoms with Gasteiger partial charge in [0, 0.05) is 5.69 Å². The molecule has 4 rings (SSSR count). The van der Waals surface area contributed by atoms with Gasteiger partial charge in [0.2, 0.25) is 0 Å². The molecule has 1 atom stereocenters. The van der Waals surface area contributed by atoms with Crippen molar-refractivity contribution in [3.05, 3.63) is 101 Å². The molecular formula is C28H27NO4. The van der Waals surface area contributed by atoms with Crippen LogP contribution in [0.5, 0.6) is 5.75 Å². The number of Topliss-reactive ketones (excluding diaryl/α,β-unsaturated/α-hetero) is 1. The molecule has 1 N–H and O–H groups in total. The molecule has 0 bridgehead atoms. The number of amides is 1. The highest BCUT2D eigenvalue weighted by Crippen LogP contribution is 2.43. The number of nitrogens with zero attached hydrogens (tertiary/aromatic N) is 1. The number of ether oxygens (including phenoxy) is 1. The summed E-state index contributed by atoms with van der Waals surface area (Å²) in [6.45, 7) is 6.15. The Morgan fingerprint density at radius 1 is 0.970 bits per heavy atom. The van der Waals surface area contributed by atoms with Gasteiger partial charge in [-0.05, 0) is 48.2 Å². The van der Waals surface area contributed by atoms with Crippen LogP contribution in [-0.2, 0) is 9.59 Å². The Bertz CT molecular complexity index is 1240. The fourth-order valence-corrected chi connectivity index (χ4v) is 4.26. The lowest BCUT2D eigenvalue weighted by Gasteiger charge is -2.26. The number of hydrogen-bond donors (Lipinski definition) is 1. The SMILES string of the molecule is COc1ccccc1/C(O)=C1/C(=O)C(=O)N(c2ccc(C(C)C)cc2)C1c1cccc(C)c1. The summed E-state index contributed by atoms with van der Waals surface area (Å²) in [6, 6.07) is 21.4. The van der Waals surface area contributed by atoms with E-state index in [0.717, 1.165) is 16.7 Å². The van der Waals surface area contributed by atoms with Gasteiger partial charge in [-0.2, -0.15) is 0 Å². The highest BCUT2D eigenvalue weighted by Gasteiger charge is 2.47. The number of carbonyl (C=O) groups is 2. The van der Waals surface area contributed by atoms with Crippen molar-refractivity contribution in [1.29, 1.82) is 0 Å². The van der Waals surface area contributed by atoms with E-state index < -0.39 is 17.7 Å². The van der Waals surface area contributed by atoms with E-state index in [0.29, 0.717) is 22.9 Å². The van der Waals surface area contributed by atoms with Crippen molar-refractivity contribution in [3.63, 3.8) is 0 Å². The molecule has 0 spiro atoms. The molecule has 0 aliphatic carbocycles. The second-order valence-corrected chi connectivity index (χ2v) is 8.53. The maximum atomic E-state index is 13.3. The van der Waals surface area contributed by atoms with Gasteiger partial charge in [-0.25, -0.2) is 0 Å². The average molecular weight is 442 g/mol. The number of aliphatic hydroxyl groups excluding tert-OH is 1. The molecule has 1 aliphatic rings. The molecule has 1 fully saturated rings. The summed E-state index contributed by atoms with van der Waals surface area (Å²) in [7, 11) is 1.50. The number of hydrogen-bond acceptors (Lipinski definition) is 4. The number of anilines is 1. The van der Waals surface area contributed by atoms with Gasteiger partial charge in [-0.15, -0.1) is 0 Å². The maximum absolute atomic E-state index is 13.3. The first-order valence-corrected chi connectivity index (χ1v) is 10.9. The highest BCUT2D eigenvalue weighted by atomic mass is 16.5. The molecule has 0 saturated carbocycles. The molecule has 0 aromatic heterocycles. The van der Waals surface area contributed by atoms with Crippen LogP contribution in [0.25, 0.3) is 5.76 Å². The van der Waals surface area contributed by atoms with E-state index in [9.17, 15) is 14.7 Å². The first-order valence-electron chi connectivity index (χ1n) is 10.9. The van der Waals surface area contributed by atoms with Gasteiger partial charge in [0.1, 0.15) is 11.5 Å². The summed E-state index contributed by atoms with van der Waals surface area (Å²) in [4.78, 5) is 28.1. The fourth-order valence-electron chi connectivity index (χ4n) is 4.26. The Kier molecular flexibility index (Phi) is 6.05. The average Bonchev–Trinajstić information content (AvgIpc) is 3.09.